The number of carbonyl (C=O) groups excluding carboxylic acids is 1. The van der Waals surface area contributed by atoms with Gasteiger partial charge in [-0.05, 0) is 56.7 Å². The lowest BCUT2D eigenvalue weighted by molar-refractivity contribution is -0.140. The molecule has 0 saturated heterocycles. The molecular formula is C24H23F3N2O2. The second-order valence-electron chi connectivity index (χ2n) is 7.19. The molecule has 0 spiro atoms. The highest BCUT2D eigenvalue weighted by Crippen LogP contribution is 2.38. The number of nitrogens with zero attached hydrogens (tertiary/aromatic N) is 1. The number of ether oxygens (including phenoxy) is 1. The zero-order valence-corrected chi connectivity index (χ0v) is 17.7. The Morgan fingerprint density at radius 3 is 2.42 bits per heavy atom. The number of benzene rings is 2. The van der Waals surface area contributed by atoms with E-state index in [0.29, 0.717) is 17.5 Å². The monoisotopic (exact) mass is 428 g/mol. The molecule has 0 unspecified atom stereocenters. The van der Waals surface area contributed by atoms with Gasteiger partial charge in [0, 0.05) is 40.7 Å². The number of aromatic amines is 1. The fourth-order valence-corrected chi connectivity index (χ4v) is 3.53. The van der Waals surface area contributed by atoms with Gasteiger partial charge < -0.3 is 9.72 Å². The molecule has 0 amide bonds. The third kappa shape index (κ3) is 4.87. The predicted octanol–water partition coefficient (Wildman–Crippen LogP) is 6.59. The van der Waals surface area contributed by atoms with Gasteiger partial charge in [0.1, 0.15) is 0 Å². The van der Waals surface area contributed by atoms with E-state index in [4.69, 9.17) is 0 Å². The van der Waals surface area contributed by atoms with Crippen molar-refractivity contribution in [1.29, 1.82) is 0 Å². The van der Waals surface area contributed by atoms with Crippen LogP contribution in [0.2, 0.25) is 0 Å². The molecule has 0 aliphatic heterocycles. The van der Waals surface area contributed by atoms with E-state index in [0.717, 1.165) is 45.4 Å². The molecule has 0 saturated carbocycles. The molecule has 2 heterocycles. The number of fused-ring (bicyclic) bond motifs is 2. The fraction of sp³-hybridized carbons (Fsp3) is 0.250. The zero-order chi connectivity index (χ0) is 22.8. The van der Waals surface area contributed by atoms with Crippen molar-refractivity contribution in [3.63, 3.8) is 0 Å². The van der Waals surface area contributed by atoms with Gasteiger partial charge in [-0.3, -0.25) is 9.78 Å². The van der Waals surface area contributed by atoms with Crippen molar-refractivity contribution < 1.29 is 22.7 Å². The van der Waals surface area contributed by atoms with E-state index >= 15 is 0 Å². The smallest absolute Gasteiger partial charge is 0.416 e. The van der Waals surface area contributed by atoms with Crippen LogP contribution in [0.5, 0.6) is 0 Å². The Kier molecular flexibility index (Phi) is 6.34. The van der Waals surface area contributed by atoms with Crippen molar-refractivity contribution in [2.75, 3.05) is 6.61 Å². The molecule has 2 aromatic carbocycles. The van der Waals surface area contributed by atoms with Crippen LogP contribution in [0.1, 0.15) is 30.7 Å². The van der Waals surface area contributed by atoms with Crippen molar-refractivity contribution in [3.05, 3.63) is 65.5 Å². The number of alkyl halides is 3. The summed E-state index contributed by atoms with van der Waals surface area (Å²) in [5.41, 5.74) is 4.66. The Morgan fingerprint density at radius 2 is 1.81 bits per heavy atom. The molecule has 7 heteroatoms. The van der Waals surface area contributed by atoms with Crippen LogP contribution in [-0.4, -0.2) is 22.5 Å². The average molecular weight is 428 g/mol. The Bertz CT molecular complexity index is 1240. The van der Waals surface area contributed by atoms with Crippen LogP contribution in [0.3, 0.4) is 0 Å². The molecule has 0 aliphatic rings. The van der Waals surface area contributed by atoms with Gasteiger partial charge in [0.15, 0.2) is 0 Å². The number of hydrogen-bond acceptors (Lipinski definition) is 3. The van der Waals surface area contributed by atoms with Crippen molar-refractivity contribution >= 4 is 27.8 Å². The first-order chi connectivity index (χ1) is 14.6. The molecule has 162 valence electrons. The molecule has 0 aliphatic carbocycles. The second-order valence-corrected chi connectivity index (χ2v) is 7.19. The summed E-state index contributed by atoms with van der Waals surface area (Å²) in [5, 5.41) is 1.77. The molecule has 0 fully saturated rings. The van der Waals surface area contributed by atoms with Crippen LogP contribution in [0.25, 0.3) is 32.9 Å². The number of hydrogen-bond donors (Lipinski definition) is 1. The topological polar surface area (TPSA) is 55.0 Å². The van der Waals surface area contributed by atoms with E-state index in [9.17, 15) is 18.0 Å². The minimum absolute atomic E-state index is 0.211. The predicted molar refractivity (Wildman–Crippen MR) is 116 cm³/mol. The lowest BCUT2D eigenvalue weighted by Gasteiger charge is -2.10. The first-order valence-electron chi connectivity index (χ1n) is 9.80. The minimum atomic E-state index is -4.38. The lowest BCUT2D eigenvalue weighted by Crippen LogP contribution is -2.04. The molecule has 1 N–H and O–H groups in total. The summed E-state index contributed by atoms with van der Waals surface area (Å²) in [6.07, 6.45) is -2.81. The van der Waals surface area contributed by atoms with Crippen LogP contribution in [0, 0.1) is 13.8 Å². The van der Waals surface area contributed by atoms with Crippen molar-refractivity contribution in [2.24, 2.45) is 0 Å². The SMILES string of the molecule is CCOC(C)=O.Cc1ccc2[nH]c(C)c(-c3ccnc4cc(C(F)(F)F)ccc34)c2c1. The fourth-order valence-electron chi connectivity index (χ4n) is 3.53. The Labute approximate surface area is 178 Å². The summed E-state index contributed by atoms with van der Waals surface area (Å²) in [4.78, 5) is 17.3. The van der Waals surface area contributed by atoms with Gasteiger partial charge in [0.2, 0.25) is 0 Å². The van der Waals surface area contributed by atoms with Gasteiger partial charge in [0.25, 0.3) is 0 Å². The van der Waals surface area contributed by atoms with Crippen molar-refractivity contribution in [1.82, 2.24) is 9.97 Å². The molecule has 0 bridgehead atoms. The van der Waals surface area contributed by atoms with E-state index in [1.165, 1.54) is 13.0 Å². The highest BCUT2D eigenvalue weighted by molar-refractivity contribution is 6.05. The Balaban J connectivity index is 0.000000401. The quantitative estimate of drug-likeness (QED) is 0.367. The second kappa shape index (κ2) is 8.79. The number of esters is 1. The summed E-state index contributed by atoms with van der Waals surface area (Å²) in [7, 11) is 0. The van der Waals surface area contributed by atoms with E-state index in [1.54, 1.807) is 13.1 Å². The van der Waals surface area contributed by atoms with Gasteiger partial charge in [0.05, 0.1) is 17.7 Å². The van der Waals surface area contributed by atoms with Crippen LogP contribution in [0.15, 0.2) is 48.7 Å². The molecule has 4 aromatic rings. The van der Waals surface area contributed by atoms with Crippen LogP contribution in [0.4, 0.5) is 13.2 Å². The van der Waals surface area contributed by atoms with Gasteiger partial charge in [-0.1, -0.05) is 17.7 Å². The number of halogens is 3. The summed E-state index contributed by atoms with van der Waals surface area (Å²) in [6.45, 7) is 7.65. The summed E-state index contributed by atoms with van der Waals surface area (Å²) < 4.78 is 43.3. The molecule has 2 aromatic heterocycles. The average Bonchev–Trinajstić information content (AvgIpc) is 3.01. The minimum Gasteiger partial charge on any atom is -0.466 e. The van der Waals surface area contributed by atoms with Crippen molar-refractivity contribution in [2.45, 2.75) is 33.9 Å². The molecule has 0 radical (unpaired) electrons. The van der Waals surface area contributed by atoms with E-state index in [2.05, 4.69) is 20.8 Å². The van der Waals surface area contributed by atoms with Gasteiger partial charge >= 0.3 is 12.1 Å². The summed E-state index contributed by atoms with van der Waals surface area (Å²) in [5.74, 6) is -0.211. The molecule has 4 rings (SSSR count). The maximum Gasteiger partial charge on any atom is 0.416 e. The number of aryl methyl sites for hydroxylation is 2. The molecule has 4 nitrogen and oxygen atoms in total. The lowest BCUT2D eigenvalue weighted by atomic mass is 9.97. The van der Waals surface area contributed by atoms with E-state index < -0.39 is 11.7 Å². The normalized spacial score (nSPS) is 11.3. The maximum absolute atomic E-state index is 13.0. The van der Waals surface area contributed by atoms with Crippen molar-refractivity contribution in [3.8, 4) is 11.1 Å². The highest BCUT2D eigenvalue weighted by Gasteiger charge is 2.30. The first kappa shape index (κ1) is 22.3. The maximum atomic E-state index is 13.0. The standard InChI is InChI=1S/C20H15F3N2.C4H8O2/c1-11-3-6-17-16(9-11)19(12(2)25-17)15-7-8-24-18-10-13(20(21,22)23)4-5-14(15)18;1-3-6-4(2)5/h3-10,25H,1-2H3;3H2,1-2H3. The first-order valence-corrected chi connectivity index (χ1v) is 9.80. The number of rotatable bonds is 2. The largest absolute Gasteiger partial charge is 0.466 e. The van der Waals surface area contributed by atoms with E-state index in [-0.39, 0.29) is 5.97 Å². The number of carbonyl (C=O) groups is 1. The number of pyridine rings is 1. The Morgan fingerprint density at radius 1 is 1.06 bits per heavy atom. The van der Waals surface area contributed by atoms with Gasteiger partial charge in [-0.2, -0.15) is 13.2 Å². The molecular weight excluding hydrogens is 405 g/mol. The summed E-state index contributed by atoms with van der Waals surface area (Å²) >= 11 is 0. The molecule has 31 heavy (non-hydrogen) atoms. The van der Waals surface area contributed by atoms with Gasteiger partial charge in [-0.25, -0.2) is 0 Å². The molecule has 0 atom stereocenters. The highest BCUT2D eigenvalue weighted by atomic mass is 19.4. The Hall–Kier alpha value is -3.35. The summed E-state index contributed by atoms with van der Waals surface area (Å²) in [6, 6.07) is 11.7. The third-order valence-electron chi connectivity index (χ3n) is 4.83. The van der Waals surface area contributed by atoms with Gasteiger partial charge in [-0.15, -0.1) is 0 Å². The van der Waals surface area contributed by atoms with Crippen LogP contribution >= 0.6 is 0 Å². The third-order valence-corrected chi connectivity index (χ3v) is 4.83. The van der Waals surface area contributed by atoms with Crippen LogP contribution < -0.4 is 0 Å². The number of nitrogens with one attached hydrogen (secondary N) is 1. The number of aromatic nitrogens is 2. The zero-order valence-electron chi connectivity index (χ0n) is 17.7. The number of H-pyrrole nitrogens is 1. The van der Waals surface area contributed by atoms with E-state index in [1.807, 2.05) is 32.0 Å². The van der Waals surface area contributed by atoms with Crippen LogP contribution in [-0.2, 0) is 15.7 Å².